The van der Waals surface area contributed by atoms with Crippen LogP contribution in [0.1, 0.15) is 63.1 Å². The summed E-state index contributed by atoms with van der Waals surface area (Å²) in [7, 11) is 0. The fraction of sp³-hybridized carbons (Fsp3) is 0.345. The molecule has 0 aromatic heterocycles. The highest BCUT2D eigenvalue weighted by atomic mass is 19.2. The van der Waals surface area contributed by atoms with E-state index in [9.17, 15) is 0 Å². The summed E-state index contributed by atoms with van der Waals surface area (Å²) in [6.07, 6.45) is 3.00. The van der Waals surface area contributed by atoms with Gasteiger partial charge in [0.2, 0.25) is 0 Å². The molecule has 0 fully saturated rings. The number of halogens is 4. The van der Waals surface area contributed by atoms with E-state index in [0.717, 1.165) is 18.4 Å². The molecule has 3 aromatic rings. The van der Waals surface area contributed by atoms with E-state index in [1.165, 1.54) is 9.91 Å². The van der Waals surface area contributed by atoms with Gasteiger partial charge in [-0.2, -0.15) is 5.10 Å². The van der Waals surface area contributed by atoms with E-state index < -0.39 is 40.6 Å². The molecule has 1 aliphatic rings. The van der Waals surface area contributed by atoms with Crippen LogP contribution in [0.5, 0.6) is 0 Å². The molecule has 0 spiro atoms. The molecule has 0 saturated heterocycles. The summed E-state index contributed by atoms with van der Waals surface area (Å²) < 4.78 is 62.4. The first-order chi connectivity index (χ1) is 17.5. The predicted molar refractivity (Wildman–Crippen MR) is 138 cm³/mol. The molecule has 1 heterocycles. The van der Waals surface area contributed by atoms with Crippen LogP contribution in [0.15, 0.2) is 65.8 Å². The predicted octanol–water partition coefficient (Wildman–Crippen LogP) is 8.01. The molecule has 36 heavy (non-hydrogen) atoms. The van der Waals surface area contributed by atoms with Crippen molar-refractivity contribution >= 4 is 17.1 Å². The molecule has 3 nitrogen and oxygen atoms in total. The zero-order valence-corrected chi connectivity index (χ0v) is 20.7. The molecule has 1 aliphatic heterocycles. The second-order valence-electron chi connectivity index (χ2n) is 9.03. The lowest BCUT2D eigenvalue weighted by molar-refractivity contribution is 0.424. The second-order valence-corrected chi connectivity index (χ2v) is 9.03. The third-order valence-corrected chi connectivity index (χ3v) is 6.52. The van der Waals surface area contributed by atoms with Gasteiger partial charge in [-0.05, 0) is 30.5 Å². The van der Waals surface area contributed by atoms with Crippen molar-refractivity contribution < 1.29 is 17.6 Å². The quantitative estimate of drug-likeness (QED) is 0.209. The van der Waals surface area contributed by atoms with Gasteiger partial charge in [-0.1, -0.05) is 75.2 Å². The fourth-order valence-corrected chi connectivity index (χ4v) is 4.60. The number of hydrogen-bond acceptors (Lipinski definition) is 3. The number of benzene rings is 3. The fourth-order valence-electron chi connectivity index (χ4n) is 4.60. The Labute approximate surface area is 210 Å². The zero-order chi connectivity index (χ0) is 25.7. The van der Waals surface area contributed by atoms with Gasteiger partial charge >= 0.3 is 0 Å². The third-order valence-electron chi connectivity index (χ3n) is 6.52. The Morgan fingerprint density at radius 1 is 0.778 bits per heavy atom. The van der Waals surface area contributed by atoms with Crippen LogP contribution in [0.4, 0.5) is 28.9 Å². The third kappa shape index (κ3) is 5.11. The lowest BCUT2D eigenvalue weighted by Crippen LogP contribution is -2.30. The Morgan fingerprint density at radius 2 is 1.31 bits per heavy atom. The molecule has 3 aromatic carbocycles. The largest absolute Gasteiger partial charge is 0.367 e. The van der Waals surface area contributed by atoms with Gasteiger partial charge in [-0.25, -0.2) is 17.6 Å². The number of rotatable bonds is 10. The zero-order valence-electron chi connectivity index (χ0n) is 20.7. The Kier molecular flexibility index (Phi) is 8.28. The smallest absolute Gasteiger partial charge is 0.185 e. The number of hydrazone groups is 1. The first kappa shape index (κ1) is 25.7. The molecule has 0 N–H and O–H groups in total. The van der Waals surface area contributed by atoms with Crippen LogP contribution in [-0.4, -0.2) is 18.8 Å². The van der Waals surface area contributed by atoms with Crippen LogP contribution < -0.4 is 9.91 Å². The number of anilines is 2. The van der Waals surface area contributed by atoms with Crippen molar-refractivity contribution in [2.75, 3.05) is 23.0 Å². The van der Waals surface area contributed by atoms with Crippen molar-refractivity contribution in [3.63, 3.8) is 0 Å². The maximum Gasteiger partial charge on any atom is 0.185 e. The topological polar surface area (TPSA) is 18.8 Å². The highest BCUT2D eigenvalue weighted by molar-refractivity contribution is 6.03. The lowest BCUT2D eigenvalue weighted by Gasteiger charge is -2.29. The summed E-state index contributed by atoms with van der Waals surface area (Å²) in [5.41, 5.74) is 0.678. The molecule has 4 rings (SSSR count). The first-order valence-electron chi connectivity index (χ1n) is 12.6. The average Bonchev–Trinajstić information content (AvgIpc) is 3.35. The van der Waals surface area contributed by atoms with Crippen LogP contribution in [0.3, 0.4) is 0 Å². The van der Waals surface area contributed by atoms with E-state index in [4.69, 9.17) is 0 Å². The summed E-state index contributed by atoms with van der Waals surface area (Å²) in [5, 5.41) is 6.08. The molecular formula is C29H31F4N3. The van der Waals surface area contributed by atoms with Gasteiger partial charge in [-0.3, -0.25) is 5.01 Å². The van der Waals surface area contributed by atoms with Gasteiger partial charge in [-0.15, -0.1) is 0 Å². The minimum absolute atomic E-state index is 0.0976. The SMILES string of the molecule is CCCCN(CCCC)c1c(F)c(F)c(C2CC(c3ccccc3)=NN2c2ccccc2)c(F)c1F. The monoisotopic (exact) mass is 497 g/mol. The summed E-state index contributed by atoms with van der Waals surface area (Å²) in [6, 6.07) is 17.1. The average molecular weight is 498 g/mol. The standard InChI is InChI=1S/C29H31F4N3/c1-3-5-17-35(18-6-4-2)29-27(32)25(30)24(26(31)28(29)33)23-19-22(20-13-9-7-10-14-20)34-36(23)21-15-11-8-12-16-21/h7-16,23H,3-6,17-19H2,1-2H3. The van der Waals surface area contributed by atoms with Gasteiger partial charge in [0.05, 0.1) is 23.0 Å². The lowest BCUT2D eigenvalue weighted by atomic mass is 9.96. The number of para-hydroxylation sites is 1. The Morgan fingerprint density at radius 3 is 1.83 bits per heavy atom. The van der Waals surface area contributed by atoms with Gasteiger partial charge < -0.3 is 4.90 Å². The van der Waals surface area contributed by atoms with Crippen LogP contribution in [0.25, 0.3) is 0 Å². The maximum absolute atomic E-state index is 15.7. The van der Waals surface area contributed by atoms with Crippen molar-refractivity contribution in [3.8, 4) is 0 Å². The minimum Gasteiger partial charge on any atom is -0.367 e. The van der Waals surface area contributed by atoms with Gasteiger partial charge in [0.1, 0.15) is 5.69 Å². The molecular weight excluding hydrogens is 466 g/mol. The summed E-state index contributed by atoms with van der Waals surface area (Å²) in [4.78, 5) is 1.43. The van der Waals surface area contributed by atoms with Gasteiger partial charge in [0.25, 0.3) is 0 Å². The summed E-state index contributed by atoms with van der Waals surface area (Å²) >= 11 is 0. The summed E-state index contributed by atoms with van der Waals surface area (Å²) in [5.74, 6) is -5.43. The van der Waals surface area contributed by atoms with Gasteiger partial charge in [0.15, 0.2) is 23.3 Å². The van der Waals surface area contributed by atoms with Gasteiger partial charge in [0, 0.05) is 19.5 Å². The van der Waals surface area contributed by atoms with Crippen LogP contribution in [0, 0.1) is 23.3 Å². The molecule has 0 bridgehead atoms. The second kappa shape index (κ2) is 11.6. The van der Waals surface area contributed by atoms with Crippen molar-refractivity contribution in [3.05, 3.63) is 95.1 Å². The van der Waals surface area contributed by atoms with Crippen molar-refractivity contribution in [1.82, 2.24) is 0 Å². The highest BCUT2D eigenvalue weighted by Gasteiger charge is 2.38. The molecule has 0 radical (unpaired) electrons. The molecule has 1 unspecified atom stereocenters. The normalized spacial score (nSPS) is 15.3. The van der Waals surface area contributed by atoms with E-state index in [1.54, 1.807) is 24.3 Å². The molecule has 0 saturated carbocycles. The first-order valence-corrected chi connectivity index (χ1v) is 12.6. The summed E-state index contributed by atoms with van der Waals surface area (Å²) in [6.45, 7) is 4.56. The van der Waals surface area contributed by atoms with E-state index in [1.807, 2.05) is 50.2 Å². The molecule has 0 amide bonds. The van der Waals surface area contributed by atoms with Crippen molar-refractivity contribution in [2.24, 2.45) is 5.10 Å². The highest BCUT2D eigenvalue weighted by Crippen LogP contribution is 2.42. The molecule has 7 heteroatoms. The maximum atomic E-state index is 15.7. The molecule has 0 aliphatic carbocycles. The van der Waals surface area contributed by atoms with E-state index in [2.05, 4.69) is 5.10 Å². The van der Waals surface area contributed by atoms with Crippen molar-refractivity contribution in [1.29, 1.82) is 0 Å². The minimum atomic E-state index is -1.36. The van der Waals surface area contributed by atoms with E-state index in [-0.39, 0.29) is 6.42 Å². The Hall–Kier alpha value is -3.35. The molecule has 190 valence electrons. The van der Waals surface area contributed by atoms with E-state index >= 15 is 17.6 Å². The molecule has 1 atom stereocenters. The number of nitrogens with zero attached hydrogens (tertiary/aromatic N) is 3. The number of hydrogen-bond donors (Lipinski definition) is 0. The van der Waals surface area contributed by atoms with Crippen LogP contribution >= 0.6 is 0 Å². The Balaban J connectivity index is 1.80. The van der Waals surface area contributed by atoms with Crippen LogP contribution in [-0.2, 0) is 0 Å². The van der Waals surface area contributed by atoms with E-state index in [0.29, 0.717) is 37.3 Å². The number of unbranched alkanes of at least 4 members (excludes halogenated alkanes) is 2. The van der Waals surface area contributed by atoms with Crippen LogP contribution in [0.2, 0.25) is 0 Å². The van der Waals surface area contributed by atoms with Crippen molar-refractivity contribution in [2.45, 2.75) is 52.0 Å². The Bertz CT molecular complexity index is 1160.